The molecule has 0 N–H and O–H groups in total. The van der Waals surface area contributed by atoms with Gasteiger partial charge in [0.25, 0.3) is 0 Å². The van der Waals surface area contributed by atoms with E-state index in [9.17, 15) is 4.79 Å². The Balaban J connectivity index is 1.80. The van der Waals surface area contributed by atoms with Crippen molar-refractivity contribution in [3.63, 3.8) is 0 Å². The van der Waals surface area contributed by atoms with Crippen molar-refractivity contribution in [3.8, 4) is 0 Å². The molecule has 1 aliphatic rings. The van der Waals surface area contributed by atoms with Crippen molar-refractivity contribution in [2.75, 3.05) is 0 Å². The number of rotatable bonds is 4. The van der Waals surface area contributed by atoms with Gasteiger partial charge in [0.05, 0.1) is 17.0 Å². The minimum atomic E-state index is 0.235. The normalized spacial score (nSPS) is 14.3. The van der Waals surface area contributed by atoms with E-state index in [1.807, 2.05) is 17.7 Å². The van der Waals surface area contributed by atoms with Crippen LogP contribution >= 0.6 is 11.3 Å². The molecule has 3 rings (SSSR count). The number of thiophene rings is 1. The molecule has 0 saturated heterocycles. The highest BCUT2D eigenvalue weighted by Crippen LogP contribution is 2.30. The van der Waals surface area contributed by atoms with Crippen LogP contribution in [0.5, 0.6) is 0 Å². The van der Waals surface area contributed by atoms with E-state index < -0.39 is 0 Å². The first kappa shape index (κ1) is 13.6. The number of fused-ring (bicyclic) bond motifs is 1. The number of carbonyl (C=O) groups is 1. The third-order valence-corrected chi connectivity index (χ3v) is 5.18. The van der Waals surface area contributed by atoms with Gasteiger partial charge >= 0.3 is 0 Å². The number of hydrogen-bond donors (Lipinski definition) is 0. The molecular formula is C16H20N2OS. The van der Waals surface area contributed by atoms with Crippen molar-refractivity contribution in [3.05, 3.63) is 38.8 Å². The molecule has 20 heavy (non-hydrogen) atoms. The highest BCUT2D eigenvalue weighted by Gasteiger charge is 2.18. The molecule has 2 aromatic rings. The monoisotopic (exact) mass is 288 g/mol. The third kappa shape index (κ3) is 2.57. The lowest BCUT2D eigenvalue weighted by Crippen LogP contribution is -2.08. The Bertz CT molecular complexity index is 615. The Labute approximate surface area is 123 Å². The van der Waals surface area contributed by atoms with Gasteiger partial charge < -0.3 is 0 Å². The number of carbonyl (C=O) groups excluding carboxylic acids is 1. The molecule has 0 bridgehead atoms. The van der Waals surface area contributed by atoms with Crippen LogP contribution in [0, 0.1) is 6.92 Å². The van der Waals surface area contributed by atoms with Crippen molar-refractivity contribution in [1.82, 2.24) is 9.78 Å². The Hall–Kier alpha value is -1.42. The number of Topliss-reactive ketones (excluding diaryl/α,β-unsaturated/α-hetero) is 1. The molecule has 4 heteroatoms. The van der Waals surface area contributed by atoms with Crippen LogP contribution in [0.2, 0.25) is 0 Å². The molecule has 0 spiro atoms. The summed E-state index contributed by atoms with van der Waals surface area (Å²) >= 11 is 1.70. The van der Waals surface area contributed by atoms with Crippen molar-refractivity contribution in [1.29, 1.82) is 0 Å². The van der Waals surface area contributed by atoms with Crippen molar-refractivity contribution >= 4 is 17.1 Å². The molecule has 106 valence electrons. The minimum absolute atomic E-state index is 0.235. The number of hydrogen-bond acceptors (Lipinski definition) is 3. The second-order valence-electron chi connectivity index (χ2n) is 5.46. The lowest BCUT2D eigenvalue weighted by molar-refractivity contribution is 0.0994. The van der Waals surface area contributed by atoms with E-state index in [-0.39, 0.29) is 5.78 Å². The smallest absolute Gasteiger partial charge is 0.178 e. The molecule has 0 atom stereocenters. The van der Waals surface area contributed by atoms with E-state index in [1.165, 1.54) is 23.3 Å². The van der Waals surface area contributed by atoms with Gasteiger partial charge in [0.1, 0.15) is 0 Å². The molecule has 1 aliphatic carbocycles. The highest BCUT2D eigenvalue weighted by molar-refractivity contribution is 7.14. The summed E-state index contributed by atoms with van der Waals surface area (Å²) in [4.78, 5) is 14.8. The number of nitrogens with zero attached hydrogens (tertiary/aromatic N) is 2. The number of ketones is 1. The minimum Gasteiger partial charge on any atom is -0.293 e. The van der Waals surface area contributed by atoms with Crippen molar-refractivity contribution < 1.29 is 4.79 Å². The van der Waals surface area contributed by atoms with Crippen LogP contribution < -0.4 is 0 Å². The highest BCUT2D eigenvalue weighted by atomic mass is 32.1. The van der Waals surface area contributed by atoms with Crippen LogP contribution in [0.15, 0.2) is 12.1 Å². The largest absolute Gasteiger partial charge is 0.293 e. The van der Waals surface area contributed by atoms with Crippen molar-refractivity contribution in [2.24, 2.45) is 0 Å². The lowest BCUT2D eigenvalue weighted by Gasteiger charge is -2.08. The summed E-state index contributed by atoms with van der Waals surface area (Å²) in [7, 11) is 0. The molecule has 2 aromatic heterocycles. The van der Waals surface area contributed by atoms with E-state index in [0.29, 0.717) is 6.42 Å². The Morgan fingerprint density at radius 2 is 2.15 bits per heavy atom. The third-order valence-electron chi connectivity index (χ3n) is 3.90. The molecule has 0 saturated carbocycles. The lowest BCUT2D eigenvalue weighted by atomic mass is 9.99. The molecular weight excluding hydrogens is 268 g/mol. The first-order valence-electron chi connectivity index (χ1n) is 7.35. The van der Waals surface area contributed by atoms with Crippen LogP contribution in [0.1, 0.15) is 51.3 Å². The molecule has 0 unspecified atom stereocenters. The summed E-state index contributed by atoms with van der Waals surface area (Å²) in [6.45, 7) is 4.85. The summed E-state index contributed by atoms with van der Waals surface area (Å²) in [5.41, 5.74) is 3.42. The summed E-state index contributed by atoms with van der Waals surface area (Å²) in [5, 5.41) is 4.41. The predicted molar refractivity (Wildman–Crippen MR) is 81.6 cm³/mol. The molecule has 0 fully saturated rings. The van der Waals surface area contributed by atoms with Gasteiger partial charge in [-0.1, -0.05) is 0 Å². The fourth-order valence-corrected chi connectivity index (χ4v) is 4.09. The molecule has 0 amide bonds. The van der Waals surface area contributed by atoms with E-state index >= 15 is 0 Å². The zero-order valence-electron chi connectivity index (χ0n) is 12.1. The van der Waals surface area contributed by atoms with Gasteiger partial charge in [0.2, 0.25) is 0 Å². The average Bonchev–Trinajstić information content (AvgIpc) is 3.01. The van der Waals surface area contributed by atoms with Crippen LogP contribution in [0.4, 0.5) is 0 Å². The van der Waals surface area contributed by atoms with Crippen molar-refractivity contribution in [2.45, 2.75) is 52.5 Å². The van der Waals surface area contributed by atoms with E-state index in [2.05, 4.69) is 18.1 Å². The van der Waals surface area contributed by atoms with Gasteiger partial charge in [-0.15, -0.1) is 11.3 Å². The molecule has 2 heterocycles. The van der Waals surface area contributed by atoms with Crippen LogP contribution in [-0.2, 0) is 25.8 Å². The molecule has 0 aliphatic heterocycles. The molecule has 3 nitrogen and oxygen atoms in total. The summed E-state index contributed by atoms with van der Waals surface area (Å²) in [6.07, 6.45) is 5.29. The number of aryl methyl sites for hydroxylation is 4. The fourth-order valence-electron chi connectivity index (χ4n) is 2.89. The standard InChI is InChI=1S/C16H20N2OS/c1-3-18-13(8-11(2)17-18)10-14(19)16-9-12-6-4-5-7-15(12)20-16/h8-9H,3-7,10H2,1-2H3. The van der Waals surface area contributed by atoms with Crippen LogP contribution in [0.25, 0.3) is 0 Å². The second kappa shape index (κ2) is 5.52. The van der Waals surface area contributed by atoms with Crippen LogP contribution in [-0.4, -0.2) is 15.6 Å². The first-order valence-corrected chi connectivity index (χ1v) is 8.17. The maximum Gasteiger partial charge on any atom is 0.178 e. The average molecular weight is 288 g/mol. The quantitative estimate of drug-likeness (QED) is 0.806. The molecule has 0 aromatic carbocycles. The maximum atomic E-state index is 12.5. The predicted octanol–water partition coefficient (Wildman–Crippen LogP) is 3.58. The fraction of sp³-hybridized carbons (Fsp3) is 0.500. The van der Waals surface area contributed by atoms with E-state index in [1.54, 1.807) is 11.3 Å². The van der Waals surface area contributed by atoms with E-state index in [4.69, 9.17) is 0 Å². The van der Waals surface area contributed by atoms with Gasteiger partial charge in [-0.25, -0.2) is 0 Å². The molecule has 0 radical (unpaired) electrons. The first-order chi connectivity index (χ1) is 9.67. The summed E-state index contributed by atoms with van der Waals surface area (Å²) < 4.78 is 1.93. The maximum absolute atomic E-state index is 12.5. The summed E-state index contributed by atoms with van der Waals surface area (Å²) in [5.74, 6) is 0.235. The SMILES string of the molecule is CCn1nc(C)cc1CC(=O)c1cc2c(s1)CCCC2. The van der Waals surface area contributed by atoms with Gasteiger partial charge in [-0.2, -0.15) is 5.10 Å². The second-order valence-corrected chi connectivity index (χ2v) is 6.60. The van der Waals surface area contributed by atoms with Gasteiger partial charge in [-0.3, -0.25) is 9.48 Å². The Morgan fingerprint density at radius 1 is 1.35 bits per heavy atom. The summed E-state index contributed by atoms with van der Waals surface area (Å²) in [6, 6.07) is 4.15. The van der Waals surface area contributed by atoms with Gasteiger partial charge in [0.15, 0.2) is 5.78 Å². The number of aromatic nitrogens is 2. The van der Waals surface area contributed by atoms with Gasteiger partial charge in [-0.05, 0) is 57.2 Å². The van der Waals surface area contributed by atoms with Gasteiger partial charge in [0, 0.05) is 17.1 Å². The Kier molecular flexibility index (Phi) is 3.74. The van der Waals surface area contributed by atoms with Crippen LogP contribution in [0.3, 0.4) is 0 Å². The van der Waals surface area contributed by atoms with E-state index in [0.717, 1.165) is 35.7 Å². The topological polar surface area (TPSA) is 34.9 Å². The zero-order valence-corrected chi connectivity index (χ0v) is 12.9. The zero-order chi connectivity index (χ0) is 14.1. The Morgan fingerprint density at radius 3 is 2.90 bits per heavy atom.